The predicted octanol–water partition coefficient (Wildman–Crippen LogP) is 1.77. The number of ether oxygens (including phenoxy) is 1. The molecule has 0 saturated carbocycles. The van der Waals surface area contributed by atoms with Gasteiger partial charge in [-0.15, -0.1) is 0 Å². The molecule has 14 heteroatoms. The van der Waals surface area contributed by atoms with Gasteiger partial charge < -0.3 is 19.9 Å². The number of hydrogen-bond donors (Lipinski definition) is 2. The van der Waals surface area contributed by atoms with E-state index in [2.05, 4.69) is 10.1 Å². The van der Waals surface area contributed by atoms with E-state index in [9.17, 15) is 22.9 Å². The lowest BCUT2D eigenvalue weighted by Gasteiger charge is -2.24. The van der Waals surface area contributed by atoms with Crippen LogP contribution in [0.5, 0.6) is 5.75 Å². The molecule has 3 unspecified atom stereocenters. The van der Waals surface area contributed by atoms with Crippen molar-refractivity contribution in [1.29, 1.82) is 0 Å². The number of halogens is 2. The number of hydrogen-bond acceptors (Lipinski definition) is 8. The van der Waals surface area contributed by atoms with Crippen molar-refractivity contribution in [1.82, 2.24) is 19.5 Å². The summed E-state index contributed by atoms with van der Waals surface area (Å²) in [5.41, 5.74) is 4.42. The minimum absolute atomic E-state index is 0.111. The molecule has 34 heavy (non-hydrogen) atoms. The van der Waals surface area contributed by atoms with Crippen molar-refractivity contribution < 1.29 is 31.9 Å². The van der Waals surface area contributed by atoms with Gasteiger partial charge in [-0.1, -0.05) is 18.2 Å². The number of nitrogens with one attached hydrogen (secondary N) is 1. The Hall–Kier alpha value is -2.86. The van der Waals surface area contributed by atoms with Gasteiger partial charge in [-0.3, -0.25) is 13.9 Å². The molecule has 2 aromatic rings. The van der Waals surface area contributed by atoms with Crippen LogP contribution in [0.4, 0.5) is 14.6 Å². The largest absolute Gasteiger partial charge is 0.459 e. The first kappa shape index (κ1) is 24.3. The molecule has 2 saturated heterocycles. The first-order valence-electron chi connectivity index (χ1n) is 10.5. The Morgan fingerprint density at radius 3 is 2.68 bits per heavy atom. The highest BCUT2D eigenvalue weighted by Gasteiger charge is 2.52. The molecule has 0 spiro atoms. The van der Waals surface area contributed by atoms with Crippen LogP contribution in [0.1, 0.15) is 19.1 Å². The molecule has 3 heterocycles. The number of nitrogen functional groups attached to an aromatic ring is 1. The van der Waals surface area contributed by atoms with E-state index in [1.165, 1.54) is 23.1 Å². The highest BCUT2D eigenvalue weighted by Crippen LogP contribution is 2.48. The Labute approximate surface area is 193 Å². The van der Waals surface area contributed by atoms with Crippen LogP contribution in [0.25, 0.3) is 0 Å². The Kier molecular flexibility index (Phi) is 6.72. The van der Waals surface area contributed by atoms with E-state index in [1.54, 1.807) is 25.2 Å². The van der Waals surface area contributed by atoms with E-state index < -0.39 is 50.8 Å². The summed E-state index contributed by atoms with van der Waals surface area (Å²) in [4.78, 5) is 29.2. The number of likely N-dealkylation sites (tertiary alicyclic amines) is 1. The third kappa shape index (κ3) is 5.27. The van der Waals surface area contributed by atoms with Gasteiger partial charge in [-0.05, 0) is 24.6 Å². The summed E-state index contributed by atoms with van der Waals surface area (Å²) < 4.78 is 59.8. The van der Waals surface area contributed by atoms with Crippen LogP contribution in [0.3, 0.4) is 0 Å². The summed E-state index contributed by atoms with van der Waals surface area (Å²) in [6.45, 7) is -0.0943. The highest BCUT2D eigenvalue weighted by molar-refractivity contribution is 7.52. The van der Waals surface area contributed by atoms with Crippen LogP contribution >= 0.6 is 7.75 Å². The summed E-state index contributed by atoms with van der Waals surface area (Å²) in [6, 6.07) is 8.48. The minimum Gasteiger partial charge on any atom is -0.413 e. The Bertz CT molecular complexity index is 1150. The predicted molar refractivity (Wildman–Crippen MR) is 116 cm³/mol. The zero-order chi connectivity index (χ0) is 24.5. The first-order chi connectivity index (χ1) is 16.1. The van der Waals surface area contributed by atoms with Crippen molar-refractivity contribution in [3.05, 3.63) is 53.1 Å². The number of nitrogens with zero attached hydrogens (tertiary/aromatic N) is 3. The molecule has 0 bridgehead atoms. The standard InChI is InChI=1S/C20H24F2N5O6P/c1-26-9-7-15(17(26)28)25-34(30,33-13-5-3-2-4-6-13)31-12-14-11-20(21,22)18(32-14)27-10-8-16(23)24-19(27)29/h2-6,8,10,14-15,18H,7,9,11-12H2,1H3,(H,25,30)(H2,23,24,29)/t14?,15?,18?,34-/m1/s1. The van der Waals surface area contributed by atoms with Gasteiger partial charge in [0.15, 0.2) is 0 Å². The average molecular weight is 499 g/mol. The van der Waals surface area contributed by atoms with Crippen LogP contribution in [0.2, 0.25) is 0 Å². The molecule has 0 radical (unpaired) electrons. The van der Waals surface area contributed by atoms with E-state index in [1.807, 2.05) is 0 Å². The number of carbonyl (C=O) groups is 1. The Morgan fingerprint density at radius 1 is 1.29 bits per heavy atom. The van der Waals surface area contributed by atoms with Crippen LogP contribution < -0.4 is 21.0 Å². The fourth-order valence-electron chi connectivity index (χ4n) is 3.73. The molecule has 4 atom stereocenters. The van der Waals surface area contributed by atoms with Gasteiger partial charge in [0.1, 0.15) is 11.6 Å². The molecule has 1 aromatic carbocycles. The molecule has 2 aliphatic heterocycles. The van der Waals surface area contributed by atoms with Crippen LogP contribution in [-0.2, 0) is 18.6 Å². The zero-order valence-corrected chi connectivity index (χ0v) is 19.1. The van der Waals surface area contributed by atoms with Gasteiger partial charge in [0, 0.05) is 26.2 Å². The lowest BCUT2D eigenvalue weighted by molar-refractivity contribution is -0.128. The molecule has 1 amide bonds. The average Bonchev–Trinajstić information content (AvgIpc) is 3.25. The number of amides is 1. The molecule has 2 aliphatic rings. The quantitative estimate of drug-likeness (QED) is 0.521. The number of rotatable bonds is 8. The first-order valence-corrected chi connectivity index (χ1v) is 12.0. The number of benzene rings is 1. The fraction of sp³-hybridized carbons (Fsp3) is 0.450. The van der Waals surface area contributed by atoms with Gasteiger partial charge in [0.2, 0.25) is 12.1 Å². The van der Waals surface area contributed by atoms with Crippen LogP contribution in [0.15, 0.2) is 47.4 Å². The molecular formula is C20H24F2N5O6P. The van der Waals surface area contributed by atoms with E-state index in [0.717, 1.165) is 6.20 Å². The van der Waals surface area contributed by atoms with Gasteiger partial charge in [-0.25, -0.2) is 18.1 Å². The number of likely N-dealkylation sites (N-methyl/N-ethyl adjacent to an activating group) is 1. The monoisotopic (exact) mass is 499 g/mol. The van der Waals surface area contributed by atoms with Crippen molar-refractivity contribution in [3.63, 3.8) is 0 Å². The van der Waals surface area contributed by atoms with Crippen molar-refractivity contribution in [3.8, 4) is 5.75 Å². The van der Waals surface area contributed by atoms with Crippen LogP contribution in [0, 0.1) is 0 Å². The maximum atomic E-state index is 14.6. The number of nitrogens with two attached hydrogens (primary N) is 1. The van der Waals surface area contributed by atoms with Gasteiger partial charge in [0.05, 0.1) is 18.8 Å². The minimum atomic E-state index is -4.18. The second kappa shape index (κ2) is 9.41. The van der Waals surface area contributed by atoms with Gasteiger partial charge >= 0.3 is 13.4 Å². The van der Waals surface area contributed by atoms with E-state index >= 15 is 0 Å². The zero-order valence-electron chi connectivity index (χ0n) is 18.2. The van der Waals surface area contributed by atoms with E-state index in [0.29, 0.717) is 17.5 Å². The highest BCUT2D eigenvalue weighted by atomic mass is 31.2. The summed E-state index contributed by atoms with van der Waals surface area (Å²) in [6.07, 6.45) is -2.52. The molecule has 3 N–H and O–H groups in total. The molecule has 1 aromatic heterocycles. The third-order valence-electron chi connectivity index (χ3n) is 5.43. The Morgan fingerprint density at radius 2 is 2.03 bits per heavy atom. The third-order valence-corrected chi connectivity index (χ3v) is 7.00. The number of para-hydroxylation sites is 1. The topological polar surface area (TPSA) is 138 Å². The van der Waals surface area contributed by atoms with E-state index in [4.69, 9.17) is 19.5 Å². The number of aromatic nitrogens is 2. The van der Waals surface area contributed by atoms with E-state index in [-0.39, 0.29) is 17.5 Å². The van der Waals surface area contributed by atoms with Gasteiger partial charge in [-0.2, -0.15) is 10.1 Å². The maximum absolute atomic E-state index is 14.6. The maximum Gasteiger partial charge on any atom is 0.459 e. The number of anilines is 1. The SMILES string of the molecule is CN1CCC(N[P@@](=O)(OCC2CC(F)(F)C(n3ccc(N)nc3=O)O2)Oc2ccccc2)C1=O. The number of alkyl halides is 2. The fourth-order valence-corrected chi connectivity index (χ4v) is 5.29. The molecular weight excluding hydrogens is 475 g/mol. The molecule has 4 rings (SSSR count). The lowest BCUT2D eigenvalue weighted by atomic mass is 10.2. The second-order valence-electron chi connectivity index (χ2n) is 8.05. The van der Waals surface area contributed by atoms with Gasteiger partial charge in [0.25, 0.3) is 5.92 Å². The second-order valence-corrected chi connectivity index (χ2v) is 9.74. The molecule has 2 fully saturated rings. The van der Waals surface area contributed by atoms with Crippen LogP contribution in [-0.4, -0.2) is 58.6 Å². The Balaban J connectivity index is 1.49. The summed E-state index contributed by atoms with van der Waals surface area (Å²) in [5, 5.41) is 2.62. The van der Waals surface area contributed by atoms with Crippen molar-refractivity contribution >= 4 is 19.5 Å². The lowest BCUT2D eigenvalue weighted by Crippen LogP contribution is -2.37. The van der Waals surface area contributed by atoms with Crippen molar-refractivity contribution in [2.24, 2.45) is 0 Å². The molecule has 11 nitrogen and oxygen atoms in total. The molecule has 184 valence electrons. The summed E-state index contributed by atoms with van der Waals surface area (Å²) >= 11 is 0. The smallest absolute Gasteiger partial charge is 0.413 e. The summed E-state index contributed by atoms with van der Waals surface area (Å²) in [5.74, 6) is -3.64. The van der Waals surface area contributed by atoms with Crippen molar-refractivity contribution in [2.45, 2.75) is 37.1 Å². The number of carbonyl (C=O) groups excluding carboxylic acids is 1. The molecule has 0 aliphatic carbocycles. The summed E-state index contributed by atoms with van der Waals surface area (Å²) in [7, 11) is -2.57. The normalized spacial score (nSPS) is 25.9. The van der Waals surface area contributed by atoms with Crippen molar-refractivity contribution in [2.75, 3.05) is 25.9 Å².